The van der Waals surface area contributed by atoms with Crippen molar-refractivity contribution in [2.45, 2.75) is 33.1 Å². The first-order chi connectivity index (χ1) is 8.13. The van der Waals surface area contributed by atoms with Crippen molar-refractivity contribution >= 4 is 23.0 Å². The second kappa shape index (κ2) is 3.69. The molecule has 1 amide bonds. The molecule has 1 aromatic rings. The number of aryl methyl sites for hydroxylation is 2. The highest BCUT2D eigenvalue weighted by Crippen LogP contribution is 2.37. The second-order valence-corrected chi connectivity index (χ2v) is 5.06. The van der Waals surface area contributed by atoms with Crippen LogP contribution in [-0.2, 0) is 4.79 Å². The number of nitrogens with zero attached hydrogens (tertiary/aromatic N) is 1. The zero-order chi connectivity index (χ0) is 12.0. The minimum Gasteiger partial charge on any atom is -0.324 e. The lowest BCUT2D eigenvalue weighted by Crippen LogP contribution is -2.15. The summed E-state index contributed by atoms with van der Waals surface area (Å²) < 4.78 is 0. The fraction of sp³-hybridized carbons (Fsp3) is 0.429. The third-order valence-corrected chi connectivity index (χ3v) is 3.54. The number of benzene rings is 1. The summed E-state index contributed by atoms with van der Waals surface area (Å²) in [5.74, 6) is 0.617. The number of carbonyl (C=O) groups excluding carboxylic acids is 1. The van der Waals surface area contributed by atoms with Crippen LogP contribution in [0.3, 0.4) is 0 Å². The monoisotopic (exact) mass is 228 g/mol. The summed E-state index contributed by atoms with van der Waals surface area (Å²) in [5, 5.41) is 2.95. The molecule has 0 atom stereocenters. The molecule has 3 heteroatoms. The van der Waals surface area contributed by atoms with Gasteiger partial charge in [-0.3, -0.25) is 9.79 Å². The van der Waals surface area contributed by atoms with Gasteiger partial charge in [-0.1, -0.05) is 0 Å². The van der Waals surface area contributed by atoms with E-state index in [1.807, 2.05) is 6.07 Å². The van der Waals surface area contributed by atoms with Gasteiger partial charge in [-0.2, -0.15) is 0 Å². The molecule has 0 aromatic heterocycles. The molecule has 88 valence electrons. The van der Waals surface area contributed by atoms with Gasteiger partial charge in [0.2, 0.25) is 5.91 Å². The lowest BCUT2D eigenvalue weighted by molar-refractivity contribution is -0.115. The third kappa shape index (κ3) is 1.97. The standard InChI is InChI=1S/C14H16N2O/c1-8-5-12-13(6-9(8)2)16-14(17)7-11(15-12)10-3-4-10/h5-6,10H,3-4,7H2,1-2H3,(H,16,17). The second-order valence-electron chi connectivity index (χ2n) is 5.06. The van der Waals surface area contributed by atoms with E-state index in [2.05, 4.69) is 30.2 Å². The van der Waals surface area contributed by atoms with E-state index in [4.69, 9.17) is 0 Å². The van der Waals surface area contributed by atoms with E-state index in [9.17, 15) is 4.79 Å². The van der Waals surface area contributed by atoms with Gasteiger partial charge in [0.25, 0.3) is 0 Å². The molecular formula is C14H16N2O. The molecule has 1 aliphatic carbocycles. The van der Waals surface area contributed by atoms with Gasteiger partial charge in [0.15, 0.2) is 0 Å². The van der Waals surface area contributed by atoms with Crippen LogP contribution in [0.1, 0.15) is 30.4 Å². The molecule has 0 radical (unpaired) electrons. The molecule has 0 saturated heterocycles. The minimum absolute atomic E-state index is 0.0673. The molecule has 3 nitrogen and oxygen atoms in total. The van der Waals surface area contributed by atoms with Crippen LogP contribution in [0.4, 0.5) is 11.4 Å². The van der Waals surface area contributed by atoms with Crippen molar-refractivity contribution in [1.29, 1.82) is 0 Å². The Morgan fingerprint density at radius 1 is 1.24 bits per heavy atom. The number of hydrogen-bond donors (Lipinski definition) is 1. The van der Waals surface area contributed by atoms with Crippen LogP contribution in [0.25, 0.3) is 0 Å². The Balaban J connectivity index is 2.10. The Kier molecular flexibility index (Phi) is 2.28. The molecular weight excluding hydrogens is 212 g/mol. The van der Waals surface area contributed by atoms with E-state index in [0.29, 0.717) is 12.3 Å². The highest BCUT2D eigenvalue weighted by atomic mass is 16.1. The quantitative estimate of drug-likeness (QED) is 0.788. The minimum atomic E-state index is 0.0673. The topological polar surface area (TPSA) is 41.5 Å². The fourth-order valence-corrected chi connectivity index (χ4v) is 2.20. The molecule has 17 heavy (non-hydrogen) atoms. The summed E-state index contributed by atoms with van der Waals surface area (Å²) in [4.78, 5) is 16.5. The molecule has 1 aromatic carbocycles. The first-order valence-corrected chi connectivity index (χ1v) is 6.12. The molecule has 0 bridgehead atoms. The Bertz CT molecular complexity index is 527. The third-order valence-electron chi connectivity index (χ3n) is 3.54. The molecule has 1 aliphatic heterocycles. The molecule has 2 aliphatic rings. The van der Waals surface area contributed by atoms with E-state index in [1.165, 1.54) is 24.0 Å². The van der Waals surface area contributed by atoms with Crippen LogP contribution >= 0.6 is 0 Å². The summed E-state index contributed by atoms with van der Waals surface area (Å²) >= 11 is 0. The number of rotatable bonds is 1. The van der Waals surface area contributed by atoms with E-state index in [1.54, 1.807) is 0 Å². The molecule has 1 fully saturated rings. The number of amides is 1. The highest BCUT2D eigenvalue weighted by Gasteiger charge is 2.30. The number of anilines is 1. The van der Waals surface area contributed by atoms with Crippen molar-refractivity contribution in [3.05, 3.63) is 23.3 Å². The van der Waals surface area contributed by atoms with Crippen LogP contribution in [0.15, 0.2) is 17.1 Å². The van der Waals surface area contributed by atoms with Crippen molar-refractivity contribution in [3.8, 4) is 0 Å². The summed E-state index contributed by atoms with van der Waals surface area (Å²) in [6, 6.07) is 4.08. The molecule has 3 rings (SSSR count). The summed E-state index contributed by atoms with van der Waals surface area (Å²) in [6.45, 7) is 4.13. The van der Waals surface area contributed by atoms with Crippen molar-refractivity contribution in [2.24, 2.45) is 10.9 Å². The molecule has 1 heterocycles. The van der Waals surface area contributed by atoms with Gasteiger partial charge in [-0.15, -0.1) is 0 Å². The number of carbonyl (C=O) groups is 1. The van der Waals surface area contributed by atoms with E-state index < -0.39 is 0 Å². The van der Waals surface area contributed by atoms with Gasteiger partial charge in [-0.25, -0.2) is 0 Å². The van der Waals surface area contributed by atoms with Crippen molar-refractivity contribution in [3.63, 3.8) is 0 Å². The summed E-state index contributed by atoms with van der Waals surface area (Å²) in [6.07, 6.45) is 2.83. The smallest absolute Gasteiger partial charge is 0.230 e. The lowest BCUT2D eigenvalue weighted by atomic mass is 10.1. The van der Waals surface area contributed by atoms with Gasteiger partial charge in [0, 0.05) is 5.71 Å². The fourth-order valence-electron chi connectivity index (χ4n) is 2.20. The predicted octanol–water partition coefficient (Wildman–Crippen LogP) is 3.13. The van der Waals surface area contributed by atoms with E-state index >= 15 is 0 Å². The maximum absolute atomic E-state index is 11.8. The predicted molar refractivity (Wildman–Crippen MR) is 69.0 cm³/mol. The number of aliphatic imine (C=N–C) groups is 1. The highest BCUT2D eigenvalue weighted by molar-refractivity contribution is 6.11. The maximum Gasteiger partial charge on any atom is 0.230 e. The number of fused-ring (bicyclic) bond motifs is 1. The lowest BCUT2D eigenvalue weighted by Gasteiger charge is -2.08. The Hall–Kier alpha value is -1.64. The Labute approximate surface area is 101 Å². The number of nitrogens with one attached hydrogen (secondary N) is 1. The van der Waals surface area contributed by atoms with Gasteiger partial charge in [0.05, 0.1) is 17.8 Å². The van der Waals surface area contributed by atoms with Crippen LogP contribution in [0.5, 0.6) is 0 Å². The summed E-state index contributed by atoms with van der Waals surface area (Å²) in [5.41, 5.74) is 5.24. The first-order valence-electron chi connectivity index (χ1n) is 6.12. The van der Waals surface area contributed by atoms with Crippen LogP contribution in [0, 0.1) is 19.8 Å². The Morgan fingerprint density at radius 2 is 1.94 bits per heavy atom. The van der Waals surface area contributed by atoms with Gasteiger partial charge in [-0.05, 0) is 55.9 Å². The molecule has 1 saturated carbocycles. The maximum atomic E-state index is 11.8. The summed E-state index contributed by atoms with van der Waals surface area (Å²) in [7, 11) is 0. The largest absolute Gasteiger partial charge is 0.324 e. The van der Waals surface area contributed by atoms with Crippen molar-refractivity contribution in [2.75, 3.05) is 5.32 Å². The van der Waals surface area contributed by atoms with Crippen LogP contribution in [-0.4, -0.2) is 11.6 Å². The van der Waals surface area contributed by atoms with Crippen molar-refractivity contribution < 1.29 is 4.79 Å². The van der Waals surface area contributed by atoms with E-state index in [-0.39, 0.29) is 5.91 Å². The normalized spacial score (nSPS) is 19.2. The van der Waals surface area contributed by atoms with Gasteiger partial charge >= 0.3 is 0 Å². The SMILES string of the molecule is Cc1cc2c(cc1C)NC(=O)CC(C1CC1)=N2. The average Bonchev–Trinajstić information content (AvgIpc) is 3.06. The van der Waals surface area contributed by atoms with E-state index in [0.717, 1.165) is 17.1 Å². The van der Waals surface area contributed by atoms with Crippen LogP contribution in [0.2, 0.25) is 0 Å². The molecule has 1 N–H and O–H groups in total. The molecule has 0 spiro atoms. The van der Waals surface area contributed by atoms with Crippen LogP contribution < -0.4 is 5.32 Å². The number of hydrogen-bond acceptors (Lipinski definition) is 2. The van der Waals surface area contributed by atoms with Gasteiger partial charge < -0.3 is 5.32 Å². The first kappa shape index (κ1) is 10.5. The zero-order valence-electron chi connectivity index (χ0n) is 10.2. The molecule has 0 unspecified atom stereocenters. The Morgan fingerprint density at radius 3 is 2.65 bits per heavy atom. The zero-order valence-corrected chi connectivity index (χ0v) is 10.2. The average molecular weight is 228 g/mol. The van der Waals surface area contributed by atoms with Crippen molar-refractivity contribution in [1.82, 2.24) is 0 Å². The van der Waals surface area contributed by atoms with Gasteiger partial charge in [0.1, 0.15) is 0 Å².